The van der Waals surface area contributed by atoms with E-state index < -0.39 is 0 Å². The number of hydrogen-bond donors (Lipinski definition) is 0. The molecule has 28 heavy (non-hydrogen) atoms. The molecule has 0 spiro atoms. The zero-order chi connectivity index (χ0) is 20.4. The van der Waals surface area contributed by atoms with Gasteiger partial charge >= 0.3 is 0 Å². The maximum Gasteiger partial charge on any atom is 0.0701 e. The average Bonchev–Trinajstić information content (AvgIpc) is 2.71. The number of methoxy groups -OCH3 is 1. The van der Waals surface area contributed by atoms with Gasteiger partial charge in [-0.05, 0) is 6.42 Å². The normalized spacial score (nSPS) is 11.4. The molecule has 6 heteroatoms. The summed E-state index contributed by atoms with van der Waals surface area (Å²) in [6.45, 7) is 9.16. The Bertz CT molecular complexity index is 239. The third-order valence-corrected chi connectivity index (χ3v) is 4.31. The summed E-state index contributed by atoms with van der Waals surface area (Å²) in [5.41, 5.74) is 0. The van der Waals surface area contributed by atoms with E-state index in [1.54, 1.807) is 7.11 Å². The quantitative estimate of drug-likeness (QED) is 0.211. The van der Waals surface area contributed by atoms with E-state index in [1.165, 1.54) is 51.4 Å². The molecule has 0 amide bonds. The third kappa shape index (κ3) is 25.8. The molecule has 0 aliphatic heterocycles. The van der Waals surface area contributed by atoms with Crippen LogP contribution in [-0.4, -0.2) is 79.8 Å². The van der Waals surface area contributed by atoms with Gasteiger partial charge < -0.3 is 28.4 Å². The molecule has 0 fully saturated rings. The zero-order valence-corrected chi connectivity index (χ0v) is 18.6. The summed E-state index contributed by atoms with van der Waals surface area (Å²) in [4.78, 5) is 0. The first-order chi connectivity index (χ1) is 13.9. The lowest BCUT2D eigenvalue weighted by molar-refractivity contribution is -0.0148. The Hall–Kier alpha value is -0.240. The van der Waals surface area contributed by atoms with Crippen LogP contribution in [0.2, 0.25) is 0 Å². The van der Waals surface area contributed by atoms with Gasteiger partial charge in [0.15, 0.2) is 0 Å². The monoisotopic (exact) mass is 406 g/mol. The summed E-state index contributed by atoms with van der Waals surface area (Å²) in [5, 5.41) is 0. The molecule has 0 rings (SSSR count). The highest BCUT2D eigenvalue weighted by Gasteiger charge is 1.95. The van der Waals surface area contributed by atoms with Crippen LogP contribution in [0.1, 0.15) is 64.7 Å². The van der Waals surface area contributed by atoms with Crippen LogP contribution in [-0.2, 0) is 28.4 Å². The van der Waals surface area contributed by atoms with Gasteiger partial charge in [0.1, 0.15) is 0 Å². The van der Waals surface area contributed by atoms with Gasteiger partial charge in [-0.15, -0.1) is 0 Å². The molecule has 170 valence electrons. The van der Waals surface area contributed by atoms with Crippen molar-refractivity contribution in [3.63, 3.8) is 0 Å². The van der Waals surface area contributed by atoms with E-state index in [1.807, 2.05) is 0 Å². The zero-order valence-electron chi connectivity index (χ0n) is 18.6. The standard InChI is InChI=1S/C22H46O6/c1-3-4-5-6-7-8-9-10-11-12-24-15-16-26-19-20-28-22-21-27-18-17-25-14-13-23-2/h3-22H2,1-2H3. The Labute approximate surface area is 173 Å². The van der Waals surface area contributed by atoms with Crippen molar-refractivity contribution >= 4 is 0 Å². The summed E-state index contributed by atoms with van der Waals surface area (Å²) < 4.78 is 32.1. The van der Waals surface area contributed by atoms with Crippen molar-refractivity contribution in [2.75, 3.05) is 79.8 Å². The predicted octanol–water partition coefficient (Wildman–Crippen LogP) is 4.25. The van der Waals surface area contributed by atoms with Crippen molar-refractivity contribution in [3.8, 4) is 0 Å². The van der Waals surface area contributed by atoms with Gasteiger partial charge in [-0.2, -0.15) is 0 Å². The van der Waals surface area contributed by atoms with Crippen LogP contribution >= 0.6 is 0 Å². The molecule has 0 heterocycles. The minimum Gasteiger partial charge on any atom is -0.382 e. The van der Waals surface area contributed by atoms with Crippen LogP contribution < -0.4 is 0 Å². The summed E-state index contributed by atoms with van der Waals surface area (Å²) in [6, 6.07) is 0. The van der Waals surface area contributed by atoms with E-state index in [-0.39, 0.29) is 0 Å². The predicted molar refractivity (Wildman–Crippen MR) is 113 cm³/mol. The maximum absolute atomic E-state index is 5.59. The lowest BCUT2D eigenvalue weighted by Crippen LogP contribution is -2.14. The molecule has 0 radical (unpaired) electrons. The van der Waals surface area contributed by atoms with Crippen LogP contribution in [0.5, 0.6) is 0 Å². The summed E-state index contributed by atoms with van der Waals surface area (Å²) in [6.07, 6.45) is 12.1. The third-order valence-electron chi connectivity index (χ3n) is 4.31. The fourth-order valence-corrected chi connectivity index (χ4v) is 2.64. The van der Waals surface area contributed by atoms with Crippen molar-refractivity contribution in [2.45, 2.75) is 64.7 Å². The molecular weight excluding hydrogens is 360 g/mol. The molecule has 0 bridgehead atoms. The highest BCUT2D eigenvalue weighted by molar-refractivity contribution is 4.46. The number of hydrogen-bond acceptors (Lipinski definition) is 6. The molecule has 0 N–H and O–H groups in total. The lowest BCUT2D eigenvalue weighted by atomic mass is 10.1. The van der Waals surface area contributed by atoms with Gasteiger partial charge in [0.25, 0.3) is 0 Å². The SMILES string of the molecule is CCCCCCCCCCCOCCOCCOCCOCCOCCOC. The number of unbranched alkanes of at least 4 members (excludes halogenated alkanes) is 8. The second-order valence-electron chi connectivity index (χ2n) is 6.88. The Morgan fingerprint density at radius 3 is 1.07 bits per heavy atom. The first kappa shape index (κ1) is 27.8. The van der Waals surface area contributed by atoms with Gasteiger partial charge in [-0.1, -0.05) is 58.3 Å². The summed E-state index contributed by atoms with van der Waals surface area (Å²) in [7, 11) is 1.66. The Morgan fingerprint density at radius 1 is 0.357 bits per heavy atom. The van der Waals surface area contributed by atoms with E-state index in [2.05, 4.69) is 6.92 Å². The first-order valence-electron chi connectivity index (χ1n) is 11.3. The van der Waals surface area contributed by atoms with Crippen molar-refractivity contribution in [3.05, 3.63) is 0 Å². The molecule has 0 aromatic carbocycles. The van der Waals surface area contributed by atoms with Crippen molar-refractivity contribution in [1.82, 2.24) is 0 Å². The first-order valence-corrected chi connectivity index (χ1v) is 11.3. The molecule has 0 aliphatic carbocycles. The molecule has 0 saturated carbocycles. The van der Waals surface area contributed by atoms with Crippen LogP contribution in [0.3, 0.4) is 0 Å². The van der Waals surface area contributed by atoms with E-state index in [0.717, 1.165) is 13.0 Å². The largest absolute Gasteiger partial charge is 0.382 e. The molecular formula is C22H46O6. The number of ether oxygens (including phenoxy) is 6. The summed E-state index contributed by atoms with van der Waals surface area (Å²) in [5.74, 6) is 0. The Kier molecular flexibility index (Phi) is 26.5. The highest BCUT2D eigenvalue weighted by Crippen LogP contribution is 2.09. The average molecular weight is 407 g/mol. The molecule has 0 atom stereocenters. The maximum atomic E-state index is 5.59. The molecule has 0 aromatic heterocycles. The molecule has 0 saturated heterocycles. The van der Waals surface area contributed by atoms with E-state index in [4.69, 9.17) is 28.4 Å². The van der Waals surface area contributed by atoms with Gasteiger partial charge in [0.05, 0.1) is 66.1 Å². The Balaban J connectivity index is 2.96. The van der Waals surface area contributed by atoms with E-state index in [0.29, 0.717) is 66.1 Å². The van der Waals surface area contributed by atoms with E-state index >= 15 is 0 Å². The Morgan fingerprint density at radius 2 is 0.679 bits per heavy atom. The molecule has 0 unspecified atom stereocenters. The second-order valence-corrected chi connectivity index (χ2v) is 6.88. The van der Waals surface area contributed by atoms with Crippen LogP contribution in [0.15, 0.2) is 0 Å². The fourth-order valence-electron chi connectivity index (χ4n) is 2.64. The van der Waals surface area contributed by atoms with Gasteiger partial charge in [-0.25, -0.2) is 0 Å². The van der Waals surface area contributed by atoms with Gasteiger partial charge in [0, 0.05) is 13.7 Å². The minimum atomic E-state index is 0.579. The van der Waals surface area contributed by atoms with Crippen molar-refractivity contribution in [1.29, 1.82) is 0 Å². The van der Waals surface area contributed by atoms with Gasteiger partial charge in [0.2, 0.25) is 0 Å². The topological polar surface area (TPSA) is 55.4 Å². The van der Waals surface area contributed by atoms with E-state index in [9.17, 15) is 0 Å². The molecule has 0 aromatic rings. The highest BCUT2D eigenvalue weighted by atomic mass is 16.6. The lowest BCUT2D eigenvalue weighted by Gasteiger charge is -2.08. The smallest absolute Gasteiger partial charge is 0.0701 e. The summed E-state index contributed by atoms with van der Waals surface area (Å²) >= 11 is 0. The van der Waals surface area contributed by atoms with Crippen LogP contribution in [0.4, 0.5) is 0 Å². The van der Waals surface area contributed by atoms with Crippen molar-refractivity contribution in [2.24, 2.45) is 0 Å². The number of rotatable bonds is 25. The second kappa shape index (κ2) is 26.8. The van der Waals surface area contributed by atoms with Crippen molar-refractivity contribution < 1.29 is 28.4 Å². The van der Waals surface area contributed by atoms with Crippen LogP contribution in [0.25, 0.3) is 0 Å². The minimum absolute atomic E-state index is 0.579. The van der Waals surface area contributed by atoms with Crippen LogP contribution in [0, 0.1) is 0 Å². The fraction of sp³-hybridized carbons (Fsp3) is 1.00. The van der Waals surface area contributed by atoms with Gasteiger partial charge in [-0.3, -0.25) is 0 Å². The molecule has 6 nitrogen and oxygen atoms in total. The molecule has 0 aliphatic rings.